The minimum atomic E-state index is -1.21. The summed E-state index contributed by atoms with van der Waals surface area (Å²) in [5.74, 6) is -4.07. The van der Waals surface area contributed by atoms with E-state index in [1.165, 1.54) is 6.92 Å². The van der Waals surface area contributed by atoms with Gasteiger partial charge >= 0.3 is 11.9 Å². The van der Waals surface area contributed by atoms with Gasteiger partial charge in [0.05, 0.1) is 11.1 Å². The average Bonchev–Trinajstić information content (AvgIpc) is 2.13. The van der Waals surface area contributed by atoms with Crippen LogP contribution in [0.5, 0.6) is 0 Å². The summed E-state index contributed by atoms with van der Waals surface area (Å²) in [5.41, 5.74) is 0. The van der Waals surface area contributed by atoms with Gasteiger partial charge in [0.15, 0.2) is 0 Å². The second-order valence-electron chi connectivity index (χ2n) is 2.92. The molecule has 0 rings (SSSR count). The van der Waals surface area contributed by atoms with Gasteiger partial charge in [-0.05, 0) is 13.8 Å². The highest BCUT2D eigenvalue weighted by atomic mass is 32.2. The van der Waals surface area contributed by atoms with Crippen LogP contribution in [0, 0.1) is 5.92 Å². The van der Waals surface area contributed by atoms with E-state index in [-0.39, 0.29) is 5.75 Å². The Hall–Kier alpha value is -1.24. The molecule has 0 radical (unpaired) electrons. The van der Waals surface area contributed by atoms with Crippen molar-refractivity contribution in [3.8, 4) is 0 Å². The van der Waals surface area contributed by atoms with Crippen LogP contribution in [0.3, 0.4) is 0 Å². The van der Waals surface area contributed by atoms with E-state index in [0.717, 1.165) is 11.8 Å². The lowest BCUT2D eigenvalue weighted by atomic mass is 10.2. The quantitative estimate of drug-likeness (QED) is 0.442. The molecule has 6 nitrogen and oxygen atoms in total. The number of nitrogens with one attached hydrogen (secondary N) is 1. The molecular formula is C8H13NO5S. The van der Waals surface area contributed by atoms with Crippen LogP contribution in [0.1, 0.15) is 13.8 Å². The number of carbonyl (C=O) groups excluding carboxylic acids is 1. The molecule has 15 heavy (non-hydrogen) atoms. The van der Waals surface area contributed by atoms with Gasteiger partial charge in [-0.1, -0.05) is 0 Å². The van der Waals surface area contributed by atoms with Crippen LogP contribution < -0.4 is 5.32 Å². The van der Waals surface area contributed by atoms with Gasteiger partial charge in [-0.3, -0.25) is 14.4 Å². The summed E-state index contributed by atoms with van der Waals surface area (Å²) in [5, 5.41) is 18.9. The van der Waals surface area contributed by atoms with Crippen molar-refractivity contribution < 1.29 is 24.6 Å². The first-order chi connectivity index (χ1) is 6.84. The molecule has 0 aromatic heterocycles. The summed E-state index contributed by atoms with van der Waals surface area (Å²) in [4.78, 5) is 31.8. The highest BCUT2D eigenvalue weighted by Crippen LogP contribution is 2.07. The topological polar surface area (TPSA) is 104 Å². The van der Waals surface area contributed by atoms with E-state index in [1.807, 2.05) is 0 Å². The average molecular weight is 235 g/mol. The van der Waals surface area contributed by atoms with Crippen molar-refractivity contribution in [2.45, 2.75) is 19.2 Å². The molecule has 3 N–H and O–H groups in total. The number of thioether (sulfide) groups is 1. The van der Waals surface area contributed by atoms with Crippen LogP contribution in [-0.4, -0.2) is 39.2 Å². The standard InChI is InChI=1S/C8H13NO5S/c1-4(8(13)14)7(12)9-5(2)15-3-6(10)11/h4-5H,3H2,1-2H3,(H,9,12)(H,10,11)(H,13,14). The van der Waals surface area contributed by atoms with E-state index in [4.69, 9.17) is 10.2 Å². The molecule has 0 saturated heterocycles. The van der Waals surface area contributed by atoms with Crippen molar-refractivity contribution >= 4 is 29.6 Å². The van der Waals surface area contributed by atoms with Crippen molar-refractivity contribution in [1.29, 1.82) is 0 Å². The molecule has 0 heterocycles. The molecule has 7 heteroatoms. The van der Waals surface area contributed by atoms with Crippen molar-refractivity contribution in [3.63, 3.8) is 0 Å². The summed E-state index contributed by atoms with van der Waals surface area (Å²) >= 11 is 1.02. The highest BCUT2D eigenvalue weighted by molar-refractivity contribution is 8.00. The number of carboxylic acids is 2. The Bertz CT molecular complexity index is 268. The summed E-state index contributed by atoms with van der Waals surface area (Å²) < 4.78 is 0. The molecule has 0 aliphatic heterocycles. The van der Waals surface area contributed by atoms with Gasteiger partial charge in [0.25, 0.3) is 0 Å². The fourth-order valence-electron chi connectivity index (χ4n) is 0.675. The fourth-order valence-corrected chi connectivity index (χ4v) is 1.27. The maximum atomic E-state index is 11.2. The van der Waals surface area contributed by atoms with Gasteiger partial charge in [-0.15, -0.1) is 11.8 Å². The molecule has 0 saturated carbocycles. The van der Waals surface area contributed by atoms with Gasteiger partial charge in [0.2, 0.25) is 5.91 Å². The number of amides is 1. The SMILES string of the molecule is CC(NC(=O)C(C)C(=O)O)SCC(=O)O. The Morgan fingerprint density at radius 2 is 1.80 bits per heavy atom. The summed E-state index contributed by atoms with van der Waals surface area (Å²) in [6.45, 7) is 2.87. The molecule has 1 amide bonds. The molecule has 0 bridgehead atoms. The molecule has 0 spiro atoms. The predicted octanol–water partition coefficient (Wildman–Crippen LogP) is -0.0129. The lowest BCUT2D eigenvalue weighted by molar-refractivity contribution is -0.146. The zero-order chi connectivity index (χ0) is 12.0. The highest BCUT2D eigenvalue weighted by Gasteiger charge is 2.21. The van der Waals surface area contributed by atoms with Gasteiger partial charge < -0.3 is 15.5 Å². The molecule has 0 aliphatic rings. The van der Waals surface area contributed by atoms with Gasteiger partial charge in [-0.25, -0.2) is 0 Å². The number of hydrogen-bond donors (Lipinski definition) is 3. The third-order valence-electron chi connectivity index (χ3n) is 1.57. The number of carboxylic acid groups (broad SMARTS) is 2. The fraction of sp³-hybridized carbons (Fsp3) is 0.625. The van der Waals surface area contributed by atoms with E-state index >= 15 is 0 Å². The summed E-state index contributed by atoms with van der Waals surface area (Å²) in [6, 6.07) is 0. The van der Waals surface area contributed by atoms with Crippen molar-refractivity contribution in [1.82, 2.24) is 5.32 Å². The van der Waals surface area contributed by atoms with Crippen LogP contribution in [0.15, 0.2) is 0 Å². The Labute approximate surface area is 91.0 Å². The largest absolute Gasteiger partial charge is 0.481 e. The number of rotatable bonds is 6. The first-order valence-electron chi connectivity index (χ1n) is 4.21. The molecule has 0 aromatic carbocycles. The second-order valence-corrected chi connectivity index (χ2v) is 4.24. The Morgan fingerprint density at radius 1 is 1.27 bits per heavy atom. The maximum Gasteiger partial charge on any atom is 0.315 e. The predicted molar refractivity (Wildman–Crippen MR) is 54.5 cm³/mol. The third-order valence-corrected chi connectivity index (χ3v) is 2.60. The summed E-state index contributed by atoms with van der Waals surface area (Å²) in [6.07, 6.45) is 0. The Morgan fingerprint density at radius 3 is 2.20 bits per heavy atom. The maximum absolute atomic E-state index is 11.2. The normalized spacial score (nSPS) is 14.0. The first-order valence-corrected chi connectivity index (χ1v) is 5.26. The number of carbonyl (C=O) groups is 3. The Kier molecular flexibility index (Phi) is 5.76. The van der Waals surface area contributed by atoms with E-state index < -0.39 is 29.1 Å². The van der Waals surface area contributed by atoms with E-state index in [1.54, 1.807) is 6.92 Å². The smallest absolute Gasteiger partial charge is 0.315 e. The number of aliphatic carboxylic acids is 2. The summed E-state index contributed by atoms with van der Waals surface area (Å²) in [7, 11) is 0. The van der Waals surface area contributed by atoms with Crippen molar-refractivity contribution in [3.05, 3.63) is 0 Å². The molecule has 0 aromatic rings. The molecule has 86 valence electrons. The minimum absolute atomic E-state index is 0.136. The van der Waals surface area contributed by atoms with Gasteiger partial charge in [-0.2, -0.15) is 0 Å². The Balaban J connectivity index is 3.96. The molecular weight excluding hydrogens is 222 g/mol. The minimum Gasteiger partial charge on any atom is -0.481 e. The lowest BCUT2D eigenvalue weighted by Gasteiger charge is -2.14. The van der Waals surface area contributed by atoms with Crippen molar-refractivity contribution in [2.75, 3.05) is 5.75 Å². The number of hydrogen-bond acceptors (Lipinski definition) is 4. The van der Waals surface area contributed by atoms with E-state index in [0.29, 0.717) is 0 Å². The van der Waals surface area contributed by atoms with Crippen LogP contribution in [0.25, 0.3) is 0 Å². The lowest BCUT2D eigenvalue weighted by Crippen LogP contribution is -2.38. The van der Waals surface area contributed by atoms with Crippen LogP contribution in [0.4, 0.5) is 0 Å². The van der Waals surface area contributed by atoms with Crippen molar-refractivity contribution in [2.24, 2.45) is 5.92 Å². The zero-order valence-electron chi connectivity index (χ0n) is 8.39. The van der Waals surface area contributed by atoms with E-state index in [9.17, 15) is 14.4 Å². The van der Waals surface area contributed by atoms with E-state index in [2.05, 4.69) is 5.32 Å². The molecule has 0 fully saturated rings. The van der Waals surface area contributed by atoms with Crippen LogP contribution >= 0.6 is 11.8 Å². The third kappa shape index (κ3) is 5.95. The monoisotopic (exact) mass is 235 g/mol. The first kappa shape index (κ1) is 13.8. The van der Waals surface area contributed by atoms with Gasteiger partial charge in [0.1, 0.15) is 5.92 Å². The molecule has 2 atom stereocenters. The van der Waals surface area contributed by atoms with Gasteiger partial charge in [0, 0.05) is 0 Å². The second kappa shape index (κ2) is 6.28. The van der Waals surface area contributed by atoms with Crippen LogP contribution in [-0.2, 0) is 14.4 Å². The zero-order valence-corrected chi connectivity index (χ0v) is 9.21. The molecule has 0 aliphatic carbocycles. The molecule has 2 unspecified atom stereocenters. The van der Waals surface area contributed by atoms with Crippen LogP contribution in [0.2, 0.25) is 0 Å².